The van der Waals surface area contributed by atoms with Crippen LogP contribution in [0.1, 0.15) is 80.9 Å². The van der Waals surface area contributed by atoms with Gasteiger partial charge in [-0.25, -0.2) is 4.79 Å². The molecule has 0 unspecified atom stereocenters. The minimum atomic E-state index is -3.74. The minimum absolute atomic E-state index is 0. The fourth-order valence-electron chi connectivity index (χ4n) is 0.804. The number of hydrogen-bond acceptors (Lipinski definition) is 7. The maximum Gasteiger partial charge on any atom is 0.407 e. The molecule has 9 N–H and O–H groups in total. The van der Waals surface area contributed by atoms with Crippen molar-refractivity contribution in [3.05, 3.63) is 0 Å². The van der Waals surface area contributed by atoms with Crippen molar-refractivity contribution < 1.29 is 51.3 Å². The van der Waals surface area contributed by atoms with Crippen molar-refractivity contribution in [1.82, 2.24) is 5.32 Å². The van der Waals surface area contributed by atoms with Crippen LogP contribution in [0.25, 0.3) is 0 Å². The molecule has 0 spiro atoms. The van der Waals surface area contributed by atoms with Crippen LogP contribution >= 0.6 is 61.2 Å². The van der Waals surface area contributed by atoms with Crippen molar-refractivity contribution in [3.63, 3.8) is 0 Å². The molecule has 0 saturated heterocycles. The van der Waals surface area contributed by atoms with Crippen LogP contribution in [0.4, 0.5) is 4.79 Å². The molecule has 1 amide bonds. The number of nitrogens with one attached hydrogen (secondary N) is 1. The Morgan fingerprint density at radius 2 is 1.40 bits per heavy atom. The van der Waals surface area contributed by atoms with Gasteiger partial charge in [0.25, 0.3) is 0 Å². The van der Waals surface area contributed by atoms with E-state index >= 15 is 0 Å². The third kappa shape index (κ3) is 30.5. The van der Waals surface area contributed by atoms with Gasteiger partial charge in [0.15, 0.2) is 0 Å². The Kier molecular flexibility index (Phi) is 11.6. The Bertz CT molecular complexity index is 1040. The van der Waals surface area contributed by atoms with E-state index in [9.17, 15) is 14.4 Å². The van der Waals surface area contributed by atoms with Gasteiger partial charge in [-0.3, -0.25) is 9.59 Å². The highest BCUT2D eigenvalue weighted by Crippen LogP contribution is 2.06. The average Bonchev–Trinajstić information content (AvgIpc) is 2.81. The minimum Gasteiger partial charge on any atom is -0.480 e. The molecule has 30 heavy (non-hydrogen) atoms. The van der Waals surface area contributed by atoms with Gasteiger partial charge in [0.2, 0.25) is 0 Å². The topological polar surface area (TPSA) is 191 Å². The number of aliphatic carboxylic acids is 2. The lowest BCUT2D eigenvalue weighted by atomic mass is 10.1. The van der Waals surface area contributed by atoms with Crippen LogP contribution in [0.3, 0.4) is 0 Å². The molecule has 182 valence electrons. The number of carboxylic acids is 2. The van der Waals surface area contributed by atoms with Gasteiger partial charge >= 0.3 is 18.0 Å². The second kappa shape index (κ2) is 23.9. The van der Waals surface area contributed by atoms with E-state index in [1.165, 1.54) is 26.1 Å². The highest BCUT2D eigenvalue weighted by atomic mass is 128. The molecule has 0 aromatic heterocycles. The van der Waals surface area contributed by atoms with E-state index in [4.69, 9.17) is 54.1 Å². The molecule has 13 heteroatoms. The van der Waals surface area contributed by atoms with Gasteiger partial charge in [-0.1, -0.05) is 6.37 Å². The third-order valence-electron chi connectivity index (χ3n) is 1.81. The number of amides is 1. The summed E-state index contributed by atoms with van der Waals surface area (Å²) in [5.41, 5.74) is 13.9. The Morgan fingerprint density at radius 3 is 1.73 bits per heavy atom. The Labute approximate surface area is 242 Å². The summed E-state index contributed by atoms with van der Waals surface area (Å²) in [5.74, 6) is -3.82. The van der Waals surface area contributed by atoms with E-state index < -0.39 is 86.9 Å². The van der Waals surface area contributed by atoms with E-state index in [0.29, 0.717) is 0 Å². The van der Waals surface area contributed by atoms with Crippen molar-refractivity contribution in [3.8, 4) is 0 Å². The van der Waals surface area contributed by atoms with Gasteiger partial charge < -0.3 is 37.5 Å². The summed E-state index contributed by atoms with van der Waals surface area (Å²) in [4.78, 5) is 33.1. The smallest absolute Gasteiger partial charge is 0.407 e. The van der Waals surface area contributed by atoms with Crippen LogP contribution in [-0.2, 0) is 14.3 Å². The van der Waals surface area contributed by atoms with Crippen LogP contribution in [0.2, 0.25) is 0 Å². The van der Waals surface area contributed by atoms with Crippen LogP contribution < -0.4 is 22.5 Å². The predicted octanol–water partition coefficient (Wildman–Crippen LogP) is 3.01. The first-order chi connectivity index (χ1) is 19.3. The summed E-state index contributed by atoms with van der Waals surface area (Å²) in [7, 11) is 0. The number of carbonyl (C=O) groups is 3. The highest BCUT2D eigenvalue weighted by Gasteiger charge is 2.15. The number of ether oxygens (including phenoxy) is 1. The molecular weight excluding hydrogens is 737 g/mol. The number of carbonyl (C=O) groups excluding carboxylic acids is 1. The van der Waals surface area contributed by atoms with Crippen LogP contribution in [-0.4, -0.2) is 58.9 Å². The summed E-state index contributed by atoms with van der Waals surface area (Å²) in [6, 6.07) is -4.85. The van der Waals surface area contributed by atoms with Crippen LogP contribution in [0, 0.1) is 0 Å². The molecule has 0 radical (unpaired) electrons. The van der Waals surface area contributed by atoms with Crippen molar-refractivity contribution >= 4 is 79.2 Å². The molecule has 0 aliphatic heterocycles. The van der Waals surface area contributed by atoms with E-state index in [1.807, 2.05) is 0 Å². The second-order valence-corrected chi connectivity index (χ2v) is 5.32. The first-order valence-electron chi connectivity index (χ1n) is 15.2. The maximum atomic E-state index is 11.7. The lowest BCUT2D eigenvalue weighted by Crippen LogP contribution is -2.33. The molecule has 0 bridgehead atoms. The van der Waals surface area contributed by atoms with Crippen LogP contribution in [0.15, 0.2) is 0 Å². The molecule has 0 aromatic rings. The Balaban J connectivity index is -0.000000372. The fraction of sp³-hybridized carbons (Fsp3) is 0.824. The van der Waals surface area contributed by atoms with Crippen molar-refractivity contribution in [2.24, 2.45) is 17.2 Å². The molecule has 0 saturated carbocycles. The fourth-order valence-corrected chi connectivity index (χ4v) is 0.804. The molecule has 0 aromatic carbocycles. The Hall–Kier alpha value is 0.280. The zero-order chi connectivity index (χ0) is 37.8. The largest absolute Gasteiger partial charge is 0.480 e. The molecule has 0 fully saturated rings. The highest BCUT2D eigenvalue weighted by molar-refractivity contribution is 15.0. The standard InChI is InChI=1S/C11H22N2O4.C6H14N2O2.I2.HI/c1-11(2,3)17-10(16)13-7-5-4-6-8(12)9(14)15;7-4-2-1-3-5(8)6(9)10;1-2;/h8H,4-7,12H2,1-3H3,(H,13,16)(H,14,15);5H,1-4,7-8H2,(H,9,10);;1H/t8-;5-;;/m00../s1/i4D2,5D2,6D2,7D2;1D2,2D2,3D2,4D2;;. The summed E-state index contributed by atoms with van der Waals surface area (Å²) in [5, 5.41) is 18.9. The van der Waals surface area contributed by atoms with Crippen molar-refractivity contribution in [2.45, 2.75) is 76.7 Å². The van der Waals surface area contributed by atoms with Gasteiger partial charge in [0.1, 0.15) is 17.7 Å². The SMILES string of the molecule is I.II.[2H]C([2H])(N)C([2H])([2H])C([2H])([2H])C([2H])([2H])[C@H](N)C(=O)O.[2H]C([2H])(NC(=O)OC(C)(C)C)C([2H])([2H])C([2H])([2H])C([2H])([2H])[C@H](N)C(=O)O. The number of rotatable bonds is 11. The molecule has 10 nitrogen and oxygen atoms in total. The zero-order valence-electron chi connectivity index (χ0n) is 32.1. The van der Waals surface area contributed by atoms with E-state index in [0.717, 1.165) is 0 Å². The normalized spacial score (nSPS) is 23.6. The number of nitrogens with two attached hydrogens (primary N) is 3. The second-order valence-electron chi connectivity index (χ2n) is 5.32. The number of halogens is 3. The number of alkyl carbamates (subject to hydrolysis) is 1. The lowest BCUT2D eigenvalue weighted by molar-refractivity contribution is -0.139. The number of carboxylic acid groups (broad SMARTS) is 2. The average molecular weight is 790 g/mol. The Morgan fingerprint density at radius 1 is 1.00 bits per heavy atom. The summed E-state index contributed by atoms with van der Waals surface area (Å²) in [6.45, 7) is -2.30. The molecule has 0 aliphatic rings. The summed E-state index contributed by atoms with van der Waals surface area (Å²) in [6.07, 6.45) is -22.8. The lowest BCUT2D eigenvalue weighted by Gasteiger charge is -2.19. The van der Waals surface area contributed by atoms with E-state index in [1.54, 1.807) is 0 Å². The molecular formula is C17H37I3N4O6. The predicted molar refractivity (Wildman–Crippen MR) is 146 cm³/mol. The maximum absolute atomic E-state index is 11.7. The van der Waals surface area contributed by atoms with Gasteiger partial charge in [-0.15, -0.1) is 24.0 Å². The summed E-state index contributed by atoms with van der Waals surface area (Å²) >= 11 is 4.24. The van der Waals surface area contributed by atoms with Crippen LogP contribution in [0.5, 0.6) is 0 Å². The van der Waals surface area contributed by atoms with Crippen molar-refractivity contribution in [2.75, 3.05) is 13.0 Å². The van der Waals surface area contributed by atoms with Gasteiger partial charge in [-0.05, 0) is 59.1 Å². The molecule has 0 rings (SSSR count). The van der Waals surface area contributed by atoms with Gasteiger partial charge in [0.05, 0.1) is 0 Å². The quantitative estimate of drug-likeness (QED) is 0.171. The van der Waals surface area contributed by atoms with Crippen molar-refractivity contribution in [1.29, 1.82) is 0 Å². The monoisotopic (exact) mass is 790 g/mol. The van der Waals surface area contributed by atoms with E-state index in [2.05, 4.69) is 37.2 Å². The molecule has 2 atom stereocenters. The first kappa shape index (κ1) is 14.5. The zero-order valence-corrected chi connectivity index (χ0v) is 22.7. The summed E-state index contributed by atoms with van der Waals surface area (Å²) < 4.78 is 124. The number of hydrogen-bond donors (Lipinski definition) is 6. The van der Waals surface area contributed by atoms with Gasteiger partial charge in [-0.2, -0.15) is 0 Å². The van der Waals surface area contributed by atoms with Gasteiger partial charge in [0, 0.05) is 65.7 Å². The van der Waals surface area contributed by atoms with E-state index in [-0.39, 0.29) is 24.0 Å². The molecule has 0 heterocycles. The third-order valence-corrected chi connectivity index (χ3v) is 1.81. The first-order valence-corrected chi connectivity index (χ1v) is 13.5. The molecule has 0 aliphatic carbocycles.